The highest BCUT2D eigenvalue weighted by Crippen LogP contribution is 2.27. The van der Waals surface area contributed by atoms with Crippen molar-refractivity contribution in [3.63, 3.8) is 0 Å². The molecule has 1 amide bonds. The molecule has 0 spiro atoms. The van der Waals surface area contributed by atoms with Crippen molar-refractivity contribution in [2.24, 2.45) is 0 Å². The molecule has 0 fully saturated rings. The second-order valence-electron chi connectivity index (χ2n) is 7.97. The minimum Gasteiger partial charge on any atom is -0.337 e. The molecule has 1 aromatic heterocycles. The van der Waals surface area contributed by atoms with Crippen LogP contribution in [0.4, 0.5) is 4.39 Å². The van der Waals surface area contributed by atoms with Crippen molar-refractivity contribution < 1.29 is 9.18 Å². The van der Waals surface area contributed by atoms with E-state index in [2.05, 4.69) is 29.2 Å². The lowest BCUT2D eigenvalue weighted by Crippen LogP contribution is -2.33. The average Bonchev–Trinajstić information content (AvgIpc) is 3.15. The van der Waals surface area contributed by atoms with E-state index in [0.29, 0.717) is 19.5 Å². The standard InChI is InChI=1S/C25H29FN4O/c1-3-25(31)29(4-2)18-23-22-17-28(16-19-8-6-5-7-9-19)15-14-24(22)30(27-23)21-12-10-20(26)11-13-21/h5-13H,3-4,14-18H2,1-2H3. The molecule has 1 aliphatic heterocycles. The Morgan fingerprint density at radius 3 is 2.52 bits per heavy atom. The fourth-order valence-electron chi connectivity index (χ4n) is 4.22. The van der Waals surface area contributed by atoms with Gasteiger partial charge in [0.05, 0.1) is 23.6 Å². The summed E-state index contributed by atoms with van der Waals surface area (Å²) < 4.78 is 15.4. The zero-order valence-electron chi connectivity index (χ0n) is 18.2. The first-order valence-corrected chi connectivity index (χ1v) is 11.0. The number of carbonyl (C=O) groups excluding carboxylic acids is 1. The Kier molecular flexibility index (Phi) is 6.47. The number of aromatic nitrogens is 2. The molecular weight excluding hydrogens is 391 g/mol. The summed E-state index contributed by atoms with van der Waals surface area (Å²) in [5, 5.41) is 4.91. The van der Waals surface area contributed by atoms with Gasteiger partial charge in [0.2, 0.25) is 5.91 Å². The third-order valence-electron chi connectivity index (χ3n) is 5.92. The predicted molar refractivity (Wildman–Crippen MR) is 119 cm³/mol. The van der Waals surface area contributed by atoms with Gasteiger partial charge in [-0.15, -0.1) is 0 Å². The maximum Gasteiger partial charge on any atom is 0.222 e. The number of amides is 1. The highest BCUT2D eigenvalue weighted by molar-refractivity contribution is 5.75. The maximum atomic E-state index is 13.5. The molecule has 0 bridgehead atoms. The normalized spacial score (nSPS) is 13.8. The smallest absolute Gasteiger partial charge is 0.222 e. The van der Waals surface area contributed by atoms with E-state index in [9.17, 15) is 9.18 Å². The first-order chi connectivity index (χ1) is 15.1. The van der Waals surface area contributed by atoms with E-state index in [-0.39, 0.29) is 11.7 Å². The first kappa shape index (κ1) is 21.2. The molecule has 5 nitrogen and oxygen atoms in total. The summed E-state index contributed by atoms with van der Waals surface area (Å²) in [6.45, 7) is 7.64. The van der Waals surface area contributed by atoms with Crippen molar-refractivity contribution in [1.29, 1.82) is 0 Å². The zero-order chi connectivity index (χ0) is 21.8. The molecule has 2 heterocycles. The van der Waals surface area contributed by atoms with Crippen LogP contribution >= 0.6 is 0 Å². The van der Waals surface area contributed by atoms with Crippen LogP contribution in [-0.4, -0.2) is 38.6 Å². The molecule has 0 N–H and O–H groups in total. The van der Waals surface area contributed by atoms with Gasteiger partial charge in [-0.05, 0) is 36.8 Å². The molecular formula is C25H29FN4O. The summed E-state index contributed by atoms with van der Waals surface area (Å²) in [4.78, 5) is 16.7. The van der Waals surface area contributed by atoms with E-state index in [0.717, 1.165) is 43.1 Å². The molecule has 0 aliphatic carbocycles. The number of rotatable bonds is 7. The first-order valence-electron chi connectivity index (χ1n) is 11.0. The average molecular weight is 421 g/mol. The highest BCUT2D eigenvalue weighted by Gasteiger charge is 2.27. The van der Waals surface area contributed by atoms with Crippen molar-refractivity contribution in [2.45, 2.75) is 46.3 Å². The van der Waals surface area contributed by atoms with Crippen molar-refractivity contribution in [3.05, 3.63) is 82.9 Å². The summed E-state index contributed by atoms with van der Waals surface area (Å²) in [5.74, 6) is -0.130. The Bertz CT molecular complexity index is 1030. The molecule has 31 heavy (non-hydrogen) atoms. The minimum atomic E-state index is -0.260. The van der Waals surface area contributed by atoms with Crippen LogP contribution in [-0.2, 0) is 30.8 Å². The third kappa shape index (κ3) is 4.69. The van der Waals surface area contributed by atoms with E-state index in [1.54, 1.807) is 12.1 Å². The van der Waals surface area contributed by atoms with E-state index in [1.165, 1.54) is 23.3 Å². The van der Waals surface area contributed by atoms with Crippen molar-refractivity contribution >= 4 is 5.91 Å². The largest absolute Gasteiger partial charge is 0.337 e. The van der Waals surface area contributed by atoms with E-state index < -0.39 is 0 Å². The van der Waals surface area contributed by atoms with Crippen LogP contribution in [0.25, 0.3) is 5.69 Å². The second kappa shape index (κ2) is 9.43. The molecule has 2 aromatic carbocycles. The number of hydrogen-bond acceptors (Lipinski definition) is 3. The van der Waals surface area contributed by atoms with Gasteiger partial charge >= 0.3 is 0 Å². The Morgan fingerprint density at radius 1 is 1.10 bits per heavy atom. The van der Waals surface area contributed by atoms with Gasteiger partial charge in [0, 0.05) is 44.6 Å². The molecule has 1 aliphatic rings. The van der Waals surface area contributed by atoms with Crippen molar-refractivity contribution in [3.8, 4) is 5.69 Å². The molecule has 0 radical (unpaired) electrons. The minimum absolute atomic E-state index is 0.129. The van der Waals surface area contributed by atoms with Gasteiger partial charge in [0.1, 0.15) is 5.82 Å². The Hall–Kier alpha value is -2.99. The molecule has 0 atom stereocenters. The van der Waals surface area contributed by atoms with Crippen molar-refractivity contribution in [2.75, 3.05) is 13.1 Å². The highest BCUT2D eigenvalue weighted by atomic mass is 19.1. The fourth-order valence-corrected chi connectivity index (χ4v) is 4.22. The van der Waals surface area contributed by atoms with Crippen LogP contribution in [0.5, 0.6) is 0 Å². The molecule has 6 heteroatoms. The topological polar surface area (TPSA) is 41.4 Å². The summed E-state index contributed by atoms with van der Waals surface area (Å²) in [7, 11) is 0. The SMILES string of the molecule is CCC(=O)N(CC)Cc1nn(-c2ccc(F)cc2)c2c1CN(Cc1ccccc1)CC2. The third-order valence-corrected chi connectivity index (χ3v) is 5.92. The van der Waals surface area contributed by atoms with Crippen LogP contribution in [0, 0.1) is 5.82 Å². The second-order valence-corrected chi connectivity index (χ2v) is 7.97. The molecule has 3 aromatic rings. The van der Waals surface area contributed by atoms with E-state index >= 15 is 0 Å². The molecule has 0 saturated heterocycles. The number of hydrogen-bond donors (Lipinski definition) is 0. The molecule has 0 unspecified atom stereocenters. The van der Waals surface area contributed by atoms with Gasteiger partial charge in [0.25, 0.3) is 0 Å². The van der Waals surface area contributed by atoms with Gasteiger partial charge < -0.3 is 4.90 Å². The monoisotopic (exact) mass is 420 g/mol. The Balaban J connectivity index is 1.67. The van der Waals surface area contributed by atoms with Crippen LogP contribution in [0.3, 0.4) is 0 Å². The van der Waals surface area contributed by atoms with E-state index in [1.807, 2.05) is 29.5 Å². The van der Waals surface area contributed by atoms with Crippen LogP contribution in [0.15, 0.2) is 54.6 Å². The molecule has 4 rings (SSSR count). The number of halogens is 1. The van der Waals surface area contributed by atoms with E-state index in [4.69, 9.17) is 5.10 Å². The quantitative estimate of drug-likeness (QED) is 0.571. The summed E-state index contributed by atoms with van der Waals surface area (Å²) in [6.07, 6.45) is 1.34. The molecule has 0 saturated carbocycles. The van der Waals surface area contributed by atoms with Crippen molar-refractivity contribution in [1.82, 2.24) is 19.6 Å². The van der Waals surface area contributed by atoms with Gasteiger partial charge in [-0.3, -0.25) is 9.69 Å². The van der Waals surface area contributed by atoms with Gasteiger partial charge in [-0.25, -0.2) is 9.07 Å². The van der Waals surface area contributed by atoms with Crippen LogP contribution in [0.1, 0.15) is 42.8 Å². The maximum absolute atomic E-state index is 13.5. The van der Waals surface area contributed by atoms with Crippen LogP contribution in [0.2, 0.25) is 0 Å². The van der Waals surface area contributed by atoms with Gasteiger partial charge in [0.15, 0.2) is 0 Å². The van der Waals surface area contributed by atoms with Crippen LogP contribution < -0.4 is 0 Å². The summed E-state index contributed by atoms with van der Waals surface area (Å²) in [6, 6.07) is 16.9. The number of carbonyl (C=O) groups is 1. The number of fused-ring (bicyclic) bond motifs is 1. The van der Waals surface area contributed by atoms with Gasteiger partial charge in [-0.2, -0.15) is 5.10 Å². The zero-order valence-corrected chi connectivity index (χ0v) is 18.2. The molecule has 162 valence electrons. The summed E-state index contributed by atoms with van der Waals surface area (Å²) in [5.41, 5.74) is 5.42. The number of nitrogens with zero attached hydrogens (tertiary/aromatic N) is 4. The Labute approximate surface area is 183 Å². The predicted octanol–water partition coefficient (Wildman–Crippen LogP) is 4.33. The lowest BCUT2D eigenvalue weighted by atomic mass is 10.0. The lowest BCUT2D eigenvalue weighted by Gasteiger charge is -2.28. The number of benzene rings is 2. The van der Waals surface area contributed by atoms with Gasteiger partial charge in [-0.1, -0.05) is 37.3 Å². The Morgan fingerprint density at radius 2 is 1.84 bits per heavy atom. The fraction of sp³-hybridized carbons (Fsp3) is 0.360. The lowest BCUT2D eigenvalue weighted by molar-refractivity contribution is -0.131. The summed E-state index contributed by atoms with van der Waals surface area (Å²) >= 11 is 0.